The van der Waals surface area contributed by atoms with Crippen LogP contribution in [0.15, 0.2) is 17.8 Å². The molecule has 0 aliphatic carbocycles. The van der Waals surface area contributed by atoms with Gasteiger partial charge in [0.15, 0.2) is 11.5 Å². The van der Waals surface area contributed by atoms with Crippen LogP contribution in [0.5, 0.6) is 11.6 Å². The lowest BCUT2D eigenvalue weighted by Gasteiger charge is -2.46. The second-order valence-electron chi connectivity index (χ2n) is 7.69. The second-order valence-corrected chi connectivity index (χ2v) is 7.69. The van der Waals surface area contributed by atoms with Crippen LogP contribution in [0.4, 0.5) is 0 Å². The average molecular weight is 404 g/mol. The van der Waals surface area contributed by atoms with Crippen molar-refractivity contribution in [2.24, 2.45) is 5.92 Å². The lowest BCUT2D eigenvalue weighted by Crippen LogP contribution is -2.47. The SMILES string of the molecule is COCCCOc1cc2c(nc1OC)C1CC(=O)C(C(=O)O)=CN1[C@H](C(C)C)C2. The Balaban J connectivity index is 1.99. The molecule has 1 unspecified atom stereocenters. The highest BCUT2D eigenvalue weighted by atomic mass is 16.5. The van der Waals surface area contributed by atoms with Crippen molar-refractivity contribution in [1.29, 1.82) is 0 Å². The van der Waals surface area contributed by atoms with Gasteiger partial charge in [-0.3, -0.25) is 4.79 Å². The van der Waals surface area contributed by atoms with Crippen LogP contribution >= 0.6 is 0 Å². The Bertz CT molecular complexity index is 820. The molecule has 2 aliphatic rings. The van der Waals surface area contributed by atoms with Crippen molar-refractivity contribution in [1.82, 2.24) is 9.88 Å². The van der Waals surface area contributed by atoms with Crippen molar-refractivity contribution in [2.75, 3.05) is 27.4 Å². The normalized spacial score (nSPS) is 20.8. The maximum Gasteiger partial charge on any atom is 0.340 e. The van der Waals surface area contributed by atoms with Gasteiger partial charge in [-0.2, -0.15) is 0 Å². The van der Waals surface area contributed by atoms with Gasteiger partial charge in [-0.1, -0.05) is 13.8 Å². The molecule has 0 amide bonds. The van der Waals surface area contributed by atoms with E-state index in [9.17, 15) is 14.7 Å². The molecule has 2 aliphatic heterocycles. The van der Waals surface area contributed by atoms with Gasteiger partial charge in [0, 0.05) is 38.8 Å². The van der Waals surface area contributed by atoms with Crippen molar-refractivity contribution >= 4 is 11.8 Å². The predicted octanol–water partition coefficient (Wildman–Crippen LogP) is 2.37. The van der Waals surface area contributed by atoms with E-state index >= 15 is 0 Å². The van der Waals surface area contributed by atoms with Gasteiger partial charge in [0.2, 0.25) is 0 Å². The van der Waals surface area contributed by atoms with E-state index in [1.54, 1.807) is 7.11 Å². The molecule has 1 aromatic rings. The first kappa shape index (κ1) is 21.1. The molecule has 0 bridgehead atoms. The van der Waals surface area contributed by atoms with Gasteiger partial charge in [0.1, 0.15) is 5.57 Å². The molecule has 0 saturated heterocycles. The summed E-state index contributed by atoms with van der Waals surface area (Å²) in [7, 11) is 3.18. The number of carboxylic acid groups (broad SMARTS) is 1. The van der Waals surface area contributed by atoms with Crippen LogP contribution in [0, 0.1) is 5.92 Å². The van der Waals surface area contributed by atoms with Crippen molar-refractivity contribution in [2.45, 2.75) is 45.2 Å². The minimum atomic E-state index is -1.19. The molecule has 1 N–H and O–H groups in total. The Labute approximate surface area is 170 Å². The van der Waals surface area contributed by atoms with Crippen molar-refractivity contribution in [3.8, 4) is 11.6 Å². The van der Waals surface area contributed by atoms with E-state index in [2.05, 4.69) is 18.8 Å². The summed E-state index contributed by atoms with van der Waals surface area (Å²) in [6, 6.07) is 1.70. The summed E-state index contributed by atoms with van der Waals surface area (Å²) in [5.41, 5.74) is 1.59. The van der Waals surface area contributed by atoms with Crippen LogP contribution in [0.2, 0.25) is 0 Å². The highest BCUT2D eigenvalue weighted by Crippen LogP contribution is 2.43. The van der Waals surface area contributed by atoms with E-state index < -0.39 is 5.97 Å². The number of ether oxygens (including phenoxy) is 3. The zero-order chi connectivity index (χ0) is 21.1. The van der Waals surface area contributed by atoms with E-state index in [0.29, 0.717) is 31.3 Å². The number of rotatable bonds is 8. The third kappa shape index (κ3) is 4.22. The summed E-state index contributed by atoms with van der Waals surface area (Å²) < 4.78 is 16.3. The number of ketones is 1. The maximum absolute atomic E-state index is 12.4. The third-order valence-electron chi connectivity index (χ3n) is 5.46. The van der Waals surface area contributed by atoms with Crippen molar-refractivity contribution < 1.29 is 28.9 Å². The zero-order valence-electron chi connectivity index (χ0n) is 17.3. The standard InChI is InChI=1S/C21H28N2O6/c1-12(2)15-8-13-9-18(29-7-5-6-27-3)20(28-4)22-19(13)16-10-17(24)14(21(25)26)11-23(15)16/h9,11-12,15-16H,5-8,10H2,1-4H3,(H,25,26)/t15-,16?/m0/s1. The average Bonchev–Trinajstić information content (AvgIpc) is 2.69. The maximum atomic E-state index is 12.4. The summed E-state index contributed by atoms with van der Waals surface area (Å²) in [6.07, 6.45) is 3.01. The molecule has 3 rings (SSSR count). The second kappa shape index (κ2) is 8.82. The summed E-state index contributed by atoms with van der Waals surface area (Å²) in [5.74, 6) is -0.369. The number of aliphatic carboxylic acids is 1. The van der Waals surface area contributed by atoms with Crippen LogP contribution in [-0.4, -0.2) is 60.2 Å². The molecule has 8 nitrogen and oxygen atoms in total. The third-order valence-corrected chi connectivity index (χ3v) is 5.46. The smallest absolute Gasteiger partial charge is 0.340 e. The van der Waals surface area contributed by atoms with Crippen molar-refractivity contribution in [3.05, 3.63) is 29.1 Å². The first-order chi connectivity index (χ1) is 13.9. The van der Waals surface area contributed by atoms with Gasteiger partial charge in [-0.15, -0.1) is 0 Å². The summed E-state index contributed by atoms with van der Waals surface area (Å²) in [6.45, 7) is 5.28. The van der Waals surface area contributed by atoms with E-state index in [-0.39, 0.29) is 35.8 Å². The number of fused-ring (bicyclic) bond motifs is 3. The molecule has 2 atom stereocenters. The largest absolute Gasteiger partial charge is 0.488 e. The van der Waals surface area contributed by atoms with Crippen molar-refractivity contribution in [3.63, 3.8) is 0 Å². The molecule has 1 aromatic heterocycles. The number of carbonyl (C=O) groups is 2. The van der Waals surface area contributed by atoms with E-state index in [1.807, 2.05) is 11.0 Å². The van der Waals surface area contributed by atoms with E-state index in [4.69, 9.17) is 14.2 Å². The topological polar surface area (TPSA) is 98.2 Å². The molecular weight excluding hydrogens is 376 g/mol. The number of nitrogens with zero attached hydrogens (tertiary/aromatic N) is 2. The van der Waals surface area contributed by atoms with Crippen LogP contribution in [0.1, 0.15) is 44.0 Å². The molecule has 29 heavy (non-hydrogen) atoms. The van der Waals surface area contributed by atoms with E-state index in [1.165, 1.54) is 13.3 Å². The molecule has 0 radical (unpaired) electrons. The number of carboxylic acids is 1. The van der Waals surface area contributed by atoms with Gasteiger partial charge in [0.25, 0.3) is 5.88 Å². The number of hydrogen-bond acceptors (Lipinski definition) is 7. The number of hydrogen-bond donors (Lipinski definition) is 1. The fourth-order valence-electron chi connectivity index (χ4n) is 3.97. The highest BCUT2D eigenvalue weighted by molar-refractivity contribution is 6.17. The number of carbonyl (C=O) groups excluding carboxylic acids is 1. The summed E-state index contributed by atoms with van der Waals surface area (Å²) in [5, 5.41) is 9.38. The molecule has 158 valence electrons. The fraction of sp³-hybridized carbons (Fsp3) is 0.571. The quantitative estimate of drug-likeness (QED) is 0.521. The predicted molar refractivity (Wildman–Crippen MR) is 105 cm³/mol. The number of aromatic nitrogens is 1. The van der Waals surface area contributed by atoms with E-state index in [0.717, 1.165) is 17.7 Å². The Morgan fingerprint density at radius 1 is 1.31 bits per heavy atom. The van der Waals surface area contributed by atoms with Gasteiger partial charge >= 0.3 is 5.97 Å². The van der Waals surface area contributed by atoms with Gasteiger partial charge in [-0.05, 0) is 24.0 Å². The minimum absolute atomic E-state index is 0.0616. The van der Waals surface area contributed by atoms with Crippen LogP contribution in [0.3, 0.4) is 0 Å². The number of methoxy groups -OCH3 is 2. The number of pyridine rings is 1. The molecule has 0 aromatic carbocycles. The Hall–Kier alpha value is -2.61. The van der Waals surface area contributed by atoms with Gasteiger partial charge < -0.3 is 24.2 Å². The molecule has 0 spiro atoms. The molecule has 0 fully saturated rings. The monoisotopic (exact) mass is 404 g/mol. The summed E-state index contributed by atoms with van der Waals surface area (Å²) in [4.78, 5) is 30.6. The summed E-state index contributed by atoms with van der Waals surface area (Å²) >= 11 is 0. The van der Waals surface area contributed by atoms with Gasteiger partial charge in [-0.25, -0.2) is 9.78 Å². The fourth-order valence-corrected chi connectivity index (χ4v) is 3.97. The lowest BCUT2D eigenvalue weighted by atomic mass is 9.82. The van der Waals surface area contributed by atoms with Crippen LogP contribution < -0.4 is 9.47 Å². The molecule has 0 saturated carbocycles. The van der Waals surface area contributed by atoms with Crippen LogP contribution in [-0.2, 0) is 20.7 Å². The molecule has 8 heteroatoms. The first-order valence-corrected chi connectivity index (χ1v) is 9.82. The lowest BCUT2D eigenvalue weighted by molar-refractivity contribution is -0.135. The molecular formula is C21H28N2O6. The first-order valence-electron chi connectivity index (χ1n) is 9.82. The van der Waals surface area contributed by atoms with Gasteiger partial charge in [0.05, 0.1) is 25.5 Å². The Morgan fingerprint density at radius 2 is 2.07 bits per heavy atom. The molecule has 3 heterocycles. The Morgan fingerprint density at radius 3 is 2.69 bits per heavy atom. The minimum Gasteiger partial charge on any atom is -0.488 e. The number of Topliss-reactive ketones (excluding diaryl/α,β-unsaturated/α-hetero) is 1. The van der Waals surface area contributed by atoms with Crippen LogP contribution in [0.25, 0.3) is 0 Å². The Kier molecular flexibility index (Phi) is 6.42. The highest BCUT2D eigenvalue weighted by Gasteiger charge is 2.41. The zero-order valence-corrected chi connectivity index (χ0v) is 17.3.